The number of guanidine groups is 1. The first-order valence-corrected chi connectivity index (χ1v) is 10.9. The number of benzene rings is 1. The van der Waals surface area contributed by atoms with Gasteiger partial charge in [-0.2, -0.15) is 0 Å². The van der Waals surface area contributed by atoms with Crippen LogP contribution in [-0.4, -0.2) is 71.6 Å². The molecule has 0 bridgehead atoms. The standard InChI is InChI=1S/C22H35N7O/c1-18(20-8-5-4-6-9-20)16-24-22(25-17-21-27-26-19(2)28(21)3)23-10-7-11-29-12-14-30-15-13-29/h4-6,8-9,18H,7,10-17H2,1-3H3,(H2,23,24,25). The third-order valence-electron chi connectivity index (χ3n) is 5.55. The molecule has 1 fully saturated rings. The van der Waals surface area contributed by atoms with E-state index in [2.05, 4.69) is 63.0 Å². The van der Waals surface area contributed by atoms with Gasteiger partial charge in [0.25, 0.3) is 0 Å². The molecule has 2 heterocycles. The van der Waals surface area contributed by atoms with E-state index < -0.39 is 0 Å². The lowest BCUT2D eigenvalue weighted by Gasteiger charge is -2.26. The third-order valence-corrected chi connectivity index (χ3v) is 5.55. The number of aryl methyl sites for hydroxylation is 1. The van der Waals surface area contributed by atoms with Gasteiger partial charge < -0.3 is 19.9 Å². The first-order valence-electron chi connectivity index (χ1n) is 10.9. The van der Waals surface area contributed by atoms with Crippen LogP contribution in [0.5, 0.6) is 0 Å². The van der Waals surface area contributed by atoms with E-state index in [1.165, 1.54) is 5.56 Å². The van der Waals surface area contributed by atoms with E-state index in [1.807, 2.05) is 18.5 Å². The molecule has 3 rings (SSSR count). The molecule has 1 unspecified atom stereocenters. The molecule has 0 spiro atoms. The number of nitrogens with one attached hydrogen (secondary N) is 2. The normalized spacial score (nSPS) is 16.4. The van der Waals surface area contributed by atoms with Crippen molar-refractivity contribution in [2.45, 2.75) is 32.7 Å². The predicted molar refractivity (Wildman–Crippen MR) is 120 cm³/mol. The monoisotopic (exact) mass is 413 g/mol. The highest BCUT2D eigenvalue weighted by Gasteiger charge is 2.11. The highest BCUT2D eigenvalue weighted by molar-refractivity contribution is 5.79. The molecular weight excluding hydrogens is 378 g/mol. The molecule has 8 nitrogen and oxygen atoms in total. The quantitative estimate of drug-likeness (QED) is 0.370. The Labute approximate surface area is 179 Å². The van der Waals surface area contributed by atoms with Gasteiger partial charge in [0.05, 0.1) is 13.2 Å². The lowest BCUT2D eigenvalue weighted by atomic mass is 10.0. The zero-order valence-corrected chi connectivity index (χ0v) is 18.5. The molecule has 1 aromatic heterocycles. The first-order chi connectivity index (χ1) is 14.6. The molecular formula is C22H35N7O. The molecule has 1 saturated heterocycles. The van der Waals surface area contributed by atoms with Crippen LogP contribution in [0, 0.1) is 6.92 Å². The van der Waals surface area contributed by atoms with Crippen molar-refractivity contribution in [1.29, 1.82) is 0 Å². The molecule has 0 radical (unpaired) electrons. The predicted octanol–water partition coefficient (Wildman–Crippen LogP) is 1.68. The summed E-state index contributed by atoms with van der Waals surface area (Å²) in [6, 6.07) is 10.6. The Morgan fingerprint density at radius 2 is 1.93 bits per heavy atom. The third kappa shape index (κ3) is 6.81. The molecule has 8 heteroatoms. The van der Waals surface area contributed by atoms with Crippen LogP contribution in [0.4, 0.5) is 0 Å². The van der Waals surface area contributed by atoms with Crippen molar-refractivity contribution in [2.75, 3.05) is 45.9 Å². The molecule has 0 saturated carbocycles. The van der Waals surface area contributed by atoms with E-state index in [-0.39, 0.29) is 0 Å². The Hall–Kier alpha value is -2.45. The molecule has 0 amide bonds. The fraction of sp³-hybridized carbons (Fsp3) is 0.591. The van der Waals surface area contributed by atoms with Crippen molar-refractivity contribution in [2.24, 2.45) is 12.0 Å². The number of hydrogen-bond donors (Lipinski definition) is 2. The van der Waals surface area contributed by atoms with E-state index in [0.717, 1.165) is 70.0 Å². The van der Waals surface area contributed by atoms with E-state index in [1.54, 1.807) is 0 Å². The van der Waals surface area contributed by atoms with Crippen LogP contribution in [0.2, 0.25) is 0 Å². The average Bonchev–Trinajstić information content (AvgIpc) is 3.11. The largest absolute Gasteiger partial charge is 0.379 e. The smallest absolute Gasteiger partial charge is 0.191 e. The Morgan fingerprint density at radius 1 is 1.17 bits per heavy atom. The Kier molecular flexibility index (Phi) is 8.65. The molecule has 30 heavy (non-hydrogen) atoms. The number of hydrogen-bond acceptors (Lipinski definition) is 5. The SMILES string of the molecule is Cc1nnc(CN=C(NCCCN2CCOCC2)NCC(C)c2ccccc2)n1C. The molecule has 0 aliphatic carbocycles. The van der Waals surface area contributed by atoms with Crippen molar-refractivity contribution in [3.8, 4) is 0 Å². The first kappa shape index (κ1) is 22.2. The number of aliphatic imine (C=N–C) groups is 1. The van der Waals surface area contributed by atoms with Gasteiger partial charge in [-0.15, -0.1) is 10.2 Å². The van der Waals surface area contributed by atoms with Crippen LogP contribution in [0.25, 0.3) is 0 Å². The van der Waals surface area contributed by atoms with Crippen molar-refractivity contribution >= 4 is 5.96 Å². The fourth-order valence-corrected chi connectivity index (χ4v) is 3.40. The van der Waals surface area contributed by atoms with Gasteiger partial charge >= 0.3 is 0 Å². The summed E-state index contributed by atoms with van der Waals surface area (Å²) in [4.78, 5) is 7.21. The van der Waals surface area contributed by atoms with Crippen molar-refractivity contribution in [1.82, 2.24) is 30.3 Å². The van der Waals surface area contributed by atoms with Crippen LogP contribution in [-0.2, 0) is 18.3 Å². The van der Waals surface area contributed by atoms with Gasteiger partial charge in [-0.05, 0) is 31.4 Å². The molecule has 1 aliphatic heterocycles. The second kappa shape index (κ2) is 11.7. The summed E-state index contributed by atoms with van der Waals surface area (Å²) in [5, 5.41) is 15.3. The summed E-state index contributed by atoms with van der Waals surface area (Å²) in [6.07, 6.45) is 1.07. The van der Waals surface area contributed by atoms with Crippen LogP contribution in [0.1, 0.15) is 36.5 Å². The Bertz CT molecular complexity index is 784. The summed E-state index contributed by atoms with van der Waals surface area (Å²) >= 11 is 0. The molecule has 164 valence electrons. The lowest BCUT2D eigenvalue weighted by molar-refractivity contribution is 0.0376. The number of ether oxygens (including phenoxy) is 1. The van der Waals surface area contributed by atoms with E-state index in [9.17, 15) is 0 Å². The summed E-state index contributed by atoms with van der Waals surface area (Å²) in [7, 11) is 1.97. The van der Waals surface area contributed by atoms with Crippen LogP contribution in [0.3, 0.4) is 0 Å². The van der Waals surface area contributed by atoms with Crippen molar-refractivity contribution in [3.63, 3.8) is 0 Å². The highest BCUT2D eigenvalue weighted by Crippen LogP contribution is 2.13. The Balaban J connectivity index is 1.53. The average molecular weight is 414 g/mol. The van der Waals surface area contributed by atoms with E-state index in [4.69, 9.17) is 9.73 Å². The van der Waals surface area contributed by atoms with Crippen molar-refractivity contribution < 1.29 is 4.74 Å². The van der Waals surface area contributed by atoms with Gasteiger partial charge in [0.2, 0.25) is 0 Å². The number of rotatable bonds is 9. The molecule has 1 atom stereocenters. The van der Waals surface area contributed by atoms with Gasteiger partial charge in [-0.25, -0.2) is 4.99 Å². The molecule has 2 N–H and O–H groups in total. The van der Waals surface area contributed by atoms with Gasteiger partial charge in [0.15, 0.2) is 11.8 Å². The summed E-state index contributed by atoms with van der Waals surface area (Å²) in [5.41, 5.74) is 1.32. The van der Waals surface area contributed by atoms with Gasteiger partial charge in [-0.1, -0.05) is 37.3 Å². The summed E-state index contributed by atoms with van der Waals surface area (Å²) in [5.74, 6) is 2.97. The lowest BCUT2D eigenvalue weighted by Crippen LogP contribution is -2.41. The fourth-order valence-electron chi connectivity index (χ4n) is 3.40. The number of nitrogens with zero attached hydrogens (tertiary/aromatic N) is 5. The second-order valence-corrected chi connectivity index (χ2v) is 7.81. The van der Waals surface area contributed by atoms with Gasteiger partial charge in [0.1, 0.15) is 12.4 Å². The van der Waals surface area contributed by atoms with Gasteiger partial charge in [0, 0.05) is 33.2 Å². The highest BCUT2D eigenvalue weighted by atomic mass is 16.5. The van der Waals surface area contributed by atoms with E-state index >= 15 is 0 Å². The van der Waals surface area contributed by atoms with Crippen LogP contribution in [0.15, 0.2) is 35.3 Å². The van der Waals surface area contributed by atoms with Crippen molar-refractivity contribution in [3.05, 3.63) is 47.5 Å². The maximum atomic E-state index is 5.42. The zero-order valence-electron chi connectivity index (χ0n) is 18.5. The topological polar surface area (TPSA) is 79.6 Å². The maximum absolute atomic E-state index is 5.42. The minimum absolute atomic E-state index is 0.392. The minimum Gasteiger partial charge on any atom is -0.379 e. The Morgan fingerprint density at radius 3 is 2.63 bits per heavy atom. The maximum Gasteiger partial charge on any atom is 0.191 e. The summed E-state index contributed by atoms with van der Waals surface area (Å²) in [6.45, 7) is 11.2. The number of morpholine rings is 1. The van der Waals surface area contributed by atoms with E-state index in [0.29, 0.717) is 12.5 Å². The van der Waals surface area contributed by atoms with Gasteiger partial charge in [-0.3, -0.25) is 4.90 Å². The molecule has 1 aromatic carbocycles. The van der Waals surface area contributed by atoms with Crippen LogP contribution >= 0.6 is 0 Å². The summed E-state index contributed by atoms with van der Waals surface area (Å²) < 4.78 is 7.40. The number of aromatic nitrogens is 3. The molecule has 1 aliphatic rings. The van der Waals surface area contributed by atoms with Crippen LogP contribution < -0.4 is 10.6 Å². The minimum atomic E-state index is 0.392. The second-order valence-electron chi connectivity index (χ2n) is 7.81. The zero-order chi connectivity index (χ0) is 21.2. The molecule has 2 aromatic rings.